The van der Waals surface area contributed by atoms with Crippen molar-refractivity contribution in [2.24, 2.45) is 0 Å². The van der Waals surface area contributed by atoms with E-state index in [1.54, 1.807) is 0 Å². The van der Waals surface area contributed by atoms with Gasteiger partial charge in [0.1, 0.15) is 30.2 Å². The smallest absolute Gasteiger partial charge is 0.269 e. The molecule has 1 saturated heterocycles. The minimum atomic E-state index is -1.31. The summed E-state index contributed by atoms with van der Waals surface area (Å²) in [5, 5.41) is 39.5. The molecule has 2 rings (SSSR count). The maximum absolute atomic E-state index is 10.6. The van der Waals surface area contributed by atoms with Gasteiger partial charge in [-0.3, -0.25) is 10.1 Å². The van der Waals surface area contributed by atoms with E-state index in [1.165, 1.54) is 31.4 Å². The van der Waals surface area contributed by atoms with Gasteiger partial charge in [0.15, 0.2) is 0 Å². The van der Waals surface area contributed by atoms with E-state index >= 15 is 0 Å². The van der Waals surface area contributed by atoms with Crippen LogP contribution in [0.4, 0.5) is 5.69 Å². The van der Waals surface area contributed by atoms with Crippen LogP contribution in [0, 0.1) is 10.1 Å². The van der Waals surface area contributed by atoms with Crippen molar-refractivity contribution in [1.29, 1.82) is 0 Å². The predicted molar refractivity (Wildman–Crippen MR) is 72.3 cm³/mol. The Kier molecular flexibility index (Phi) is 5.27. The molecule has 0 aromatic heterocycles. The third kappa shape index (κ3) is 3.34. The first-order valence-electron chi connectivity index (χ1n) is 6.54. The number of aliphatic hydroxyl groups excluding tert-OH is 3. The molecule has 1 aromatic carbocycles. The first kappa shape index (κ1) is 16.6. The third-order valence-corrected chi connectivity index (χ3v) is 3.40. The average molecular weight is 315 g/mol. The third-order valence-electron chi connectivity index (χ3n) is 3.40. The number of nitrogens with zero attached hydrogens (tertiary/aromatic N) is 1. The summed E-state index contributed by atoms with van der Waals surface area (Å²) < 4.78 is 15.9. The molecule has 1 heterocycles. The Hall–Kier alpha value is -1.78. The molecule has 3 N–H and O–H groups in total. The summed E-state index contributed by atoms with van der Waals surface area (Å²) in [6.45, 7) is -0.505. The van der Waals surface area contributed by atoms with E-state index in [0.29, 0.717) is 0 Å². The van der Waals surface area contributed by atoms with Crippen LogP contribution in [0.25, 0.3) is 0 Å². The van der Waals surface area contributed by atoms with Crippen LogP contribution in [0.3, 0.4) is 0 Å². The van der Waals surface area contributed by atoms with Crippen LogP contribution >= 0.6 is 0 Å². The highest BCUT2D eigenvalue weighted by Crippen LogP contribution is 2.26. The Morgan fingerprint density at radius 2 is 1.91 bits per heavy atom. The second kappa shape index (κ2) is 6.99. The summed E-state index contributed by atoms with van der Waals surface area (Å²) in [5.74, 6) is 0.262. The van der Waals surface area contributed by atoms with Crippen LogP contribution in [-0.4, -0.2) is 64.7 Å². The van der Waals surface area contributed by atoms with Crippen molar-refractivity contribution in [3.8, 4) is 5.75 Å². The standard InChI is InChI=1S/C13H17NO8/c1-20-12-11(17)10(16)9(6-15)22-13(12)21-8-4-2-7(3-5-8)14(18)19/h2-5,9-13,15-17H,6H2,1H3/t9-,10+,11+,12-,13-/m1/s1. The molecular weight excluding hydrogens is 298 g/mol. The van der Waals surface area contributed by atoms with Gasteiger partial charge in [-0.2, -0.15) is 0 Å². The maximum Gasteiger partial charge on any atom is 0.269 e. The van der Waals surface area contributed by atoms with E-state index in [2.05, 4.69) is 0 Å². The molecular formula is C13H17NO8. The second-order valence-corrected chi connectivity index (χ2v) is 4.78. The average Bonchev–Trinajstić information content (AvgIpc) is 2.51. The maximum atomic E-state index is 10.6. The van der Waals surface area contributed by atoms with Crippen LogP contribution in [0.2, 0.25) is 0 Å². The van der Waals surface area contributed by atoms with Gasteiger partial charge < -0.3 is 29.5 Å². The first-order chi connectivity index (χ1) is 10.5. The van der Waals surface area contributed by atoms with E-state index < -0.39 is 42.2 Å². The van der Waals surface area contributed by atoms with Gasteiger partial charge in [0.25, 0.3) is 5.69 Å². The zero-order valence-electron chi connectivity index (χ0n) is 11.7. The summed E-state index contributed by atoms with van der Waals surface area (Å²) >= 11 is 0. The Morgan fingerprint density at radius 1 is 1.27 bits per heavy atom. The molecule has 0 bridgehead atoms. The van der Waals surface area contributed by atoms with E-state index in [9.17, 15) is 20.3 Å². The Balaban J connectivity index is 2.13. The van der Waals surface area contributed by atoms with Gasteiger partial charge in [0.05, 0.1) is 11.5 Å². The lowest BCUT2D eigenvalue weighted by Gasteiger charge is -2.41. The summed E-state index contributed by atoms with van der Waals surface area (Å²) in [4.78, 5) is 10.1. The molecule has 0 saturated carbocycles. The Morgan fingerprint density at radius 3 is 2.41 bits per heavy atom. The molecule has 122 valence electrons. The zero-order valence-corrected chi connectivity index (χ0v) is 11.7. The van der Waals surface area contributed by atoms with Gasteiger partial charge in [-0.25, -0.2) is 0 Å². The second-order valence-electron chi connectivity index (χ2n) is 4.78. The van der Waals surface area contributed by atoms with Crippen molar-refractivity contribution in [2.75, 3.05) is 13.7 Å². The molecule has 1 aliphatic heterocycles. The lowest BCUT2D eigenvalue weighted by molar-refractivity contribution is -0.384. The van der Waals surface area contributed by atoms with Crippen LogP contribution in [0.15, 0.2) is 24.3 Å². The van der Waals surface area contributed by atoms with Crippen molar-refractivity contribution < 1.29 is 34.5 Å². The summed E-state index contributed by atoms with van der Waals surface area (Å²) in [6.07, 6.45) is -5.70. The van der Waals surface area contributed by atoms with Gasteiger partial charge >= 0.3 is 0 Å². The number of hydrogen-bond acceptors (Lipinski definition) is 8. The number of methoxy groups -OCH3 is 1. The highest BCUT2D eigenvalue weighted by atomic mass is 16.7. The fourth-order valence-corrected chi connectivity index (χ4v) is 2.18. The SMILES string of the molecule is CO[C@H]1[C@H](Oc2ccc([N+](=O)[O-])cc2)O[C@H](CO)[C@H](O)[C@@H]1O. The molecule has 0 spiro atoms. The van der Waals surface area contributed by atoms with Crippen molar-refractivity contribution in [3.63, 3.8) is 0 Å². The van der Waals surface area contributed by atoms with Gasteiger partial charge in [0.2, 0.25) is 6.29 Å². The number of rotatable bonds is 5. The zero-order chi connectivity index (χ0) is 16.3. The molecule has 22 heavy (non-hydrogen) atoms. The normalized spacial score (nSPS) is 31.7. The van der Waals surface area contributed by atoms with Crippen molar-refractivity contribution >= 4 is 5.69 Å². The number of non-ortho nitro benzene ring substituents is 1. The van der Waals surface area contributed by atoms with E-state index in [1.807, 2.05) is 0 Å². The quantitative estimate of drug-likeness (QED) is 0.486. The van der Waals surface area contributed by atoms with Crippen molar-refractivity contribution in [2.45, 2.75) is 30.7 Å². The van der Waals surface area contributed by atoms with Gasteiger partial charge in [-0.15, -0.1) is 0 Å². The van der Waals surface area contributed by atoms with Gasteiger partial charge in [-0.05, 0) is 12.1 Å². The van der Waals surface area contributed by atoms with Crippen LogP contribution < -0.4 is 4.74 Å². The molecule has 1 fully saturated rings. The Bertz CT molecular complexity index is 507. The lowest BCUT2D eigenvalue weighted by Crippen LogP contribution is -2.60. The van der Waals surface area contributed by atoms with Crippen LogP contribution in [0.5, 0.6) is 5.75 Å². The molecule has 0 amide bonds. The predicted octanol–water partition coefficient (Wildman–Crippen LogP) is -0.572. The minimum Gasteiger partial charge on any atom is -0.462 e. The molecule has 9 nitrogen and oxygen atoms in total. The number of ether oxygens (including phenoxy) is 3. The van der Waals surface area contributed by atoms with Crippen LogP contribution in [0.1, 0.15) is 0 Å². The Labute approximate surface area is 125 Å². The number of nitro groups is 1. The largest absolute Gasteiger partial charge is 0.462 e. The highest BCUT2D eigenvalue weighted by molar-refractivity contribution is 5.36. The molecule has 0 unspecified atom stereocenters. The summed E-state index contributed by atoms with van der Waals surface area (Å²) in [7, 11) is 1.31. The highest BCUT2D eigenvalue weighted by Gasteiger charge is 2.45. The van der Waals surface area contributed by atoms with Crippen molar-refractivity contribution in [1.82, 2.24) is 0 Å². The fourth-order valence-electron chi connectivity index (χ4n) is 2.18. The summed E-state index contributed by atoms with van der Waals surface area (Å²) in [6, 6.07) is 5.27. The van der Waals surface area contributed by atoms with Crippen molar-refractivity contribution in [3.05, 3.63) is 34.4 Å². The first-order valence-corrected chi connectivity index (χ1v) is 6.54. The molecule has 9 heteroatoms. The van der Waals surface area contributed by atoms with Gasteiger partial charge in [0, 0.05) is 19.2 Å². The van der Waals surface area contributed by atoms with E-state index in [-0.39, 0.29) is 11.4 Å². The number of hydrogen-bond donors (Lipinski definition) is 3. The molecule has 0 radical (unpaired) electrons. The van der Waals surface area contributed by atoms with Crippen LogP contribution in [-0.2, 0) is 9.47 Å². The fraction of sp³-hybridized carbons (Fsp3) is 0.538. The van der Waals surface area contributed by atoms with E-state index in [4.69, 9.17) is 19.3 Å². The van der Waals surface area contributed by atoms with Gasteiger partial charge in [-0.1, -0.05) is 0 Å². The number of benzene rings is 1. The monoisotopic (exact) mass is 315 g/mol. The topological polar surface area (TPSA) is 132 Å². The molecule has 0 aliphatic carbocycles. The van der Waals surface area contributed by atoms with E-state index in [0.717, 1.165) is 0 Å². The molecule has 5 atom stereocenters. The molecule has 1 aliphatic rings. The summed E-state index contributed by atoms with van der Waals surface area (Å²) in [5.41, 5.74) is -0.0936. The minimum absolute atomic E-state index is 0.0936. The molecule has 1 aromatic rings. The number of nitro benzene ring substituents is 1. The number of aliphatic hydroxyl groups is 3. The lowest BCUT2D eigenvalue weighted by atomic mass is 9.99.